The van der Waals surface area contributed by atoms with Crippen molar-refractivity contribution in [3.05, 3.63) is 46.2 Å². The lowest BCUT2D eigenvalue weighted by Gasteiger charge is -2.06. The third-order valence-electron chi connectivity index (χ3n) is 2.95. The van der Waals surface area contributed by atoms with E-state index in [4.69, 9.17) is 0 Å². The minimum Gasteiger partial charge on any atom is -0.272 e. The summed E-state index contributed by atoms with van der Waals surface area (Å²) in [4.78, 5) is 0.251. The van der Waals surface area contributed by atoms with Gasteiger partial charge in [0.25, 0.3) is 0 Å². The van der Waals surface area contributed by atoms with Gasteiger partial charge in [0, 0.05) is 29.3 Å². The van der Waals surface area contributed by atoms with E-state index in [1.807, 2.05) is 20.0 Å². The summed E-state index contributed by atoms with van der Waals surface area (Å²) < 4.78 is 29.5. The highest BCUT2D eigenvalue weighted by atomic mass is 79.9. The van der Waals surface area contributed by atoms with Gasteiger partial charge in [-0.15, -0.1) is 0 Å². The molecular weight excluding hydrogens is 342 g/mol. The standard InChI is InChI=1S/C13H16BrN3O2S/c1-3-17-9-11(10(2)16-17)8-15-20(18,19)13-6-4-12(14)5-7-13/h4-7,9,15H,3,8H2,1-2H3. The molecule has 0 atom stereocenters. The molecule has 0 aliphatic heterocycles. The zero-order valence-electron chi connectivity index (χ0n) is 11.3. The normalized spacial score (nSPS) is 11.8. The fourth-order valence-corrected chi connectivity index (χ4v) is 3.04. The number of nitrogens with zero attached hydrogens (tertiary/aromatic N) is 2. The first kappa shape index (κ1) is 15.2. The monoisotopic (exact) mass is 357 g/mol. The van der Waals surface area contributed by atoms with Crippen LogP contribution in [0.25, 0.3) is 0 Å². The highest BCUT2D eigenvalue weighted by Crippen LogP contribution is 2.15. The van der Waals surface area contributed by atoms with Crippen LogP contribution in [-0.2, 0) is 23.1 Å². The first-order valence-electron chi connectivity index (χ1n) is 6.20. The van der Waals surface area contributed by atoms with E-state index in [-0.39, 0.29) is 11.4 Å². The molecule has 0 spiro atoms. The molecule has 1 aromatic heterocycles. The number of aryl methyl sites for hydroxylation is 2. The van der Waals surface area contributed by atoms with Crippen molar-refractivity contribution in [2.75, 3.05) is 0 Å². The lowest BCUT2D eigenvalue weighted by atomic mass is 10.3. The molecule has 1 aromatic carbocycles. The van der Waals surface area contributed by atoms with Crippen LogP contribution in [0.2, 0.25) is 0 Å². The van der Waals surface area contributed by atoms with Gasteiger partial charge in [0.1, 0.15) is 0 Å². The van der Waals surface area contributed by atoms with Gasteiger partial charge < -0.3 is 0 Å². The SMILES string of the molecule is CCn1cc(CNS(=O)(=O)c2ccc(Br)cc2)c(C)n1. The summed E-state index contributed by atoms with van der Waals surface area (Å²) in [7, 11) is -3.50. The number of hydrogen-bond donors (Lipinski definition) is 1. The third kappa shape index (κ3) is 3.47. The molecule has 0 fully saturated rings. The Morgan fingerprint density at radius 2 is 1.95 bits per heavy atom. The number of sulfonamides is 1. The largest absolute Gasteiger partial charge is 0.272 e. The maximum atomic E-state index is 12.2. The van der Waals surface area contributed by atoms with Crippen molar-refractivity contribution in [2.24, 2.45) is 0 Å². The van der Waals surface area contributed by atoms with Crippen molar-refractivity contribution in [2.45, 2.75) is 31.8 Å². The van der Waals surface area contributed by atoms with Crippen LogP contribution in [-0.4, -0.2) is 18.2 Å². The zero-order chi connectivity index (χ0) is 14.8. The van der Waals surface area contributed by atoms with Gasteiger partial charge in [0.05, 0.1) is 10.6 Å². The van der Waals surface area contributed by atoms with E-state index in [2.05, 4.69) is 25.8 Å². The number of hydrogen-bond acceptors (Lipinski definition) is 3. The van der Waals surface area contributed by atoms with Gasteiger partial charge in [-0.25, -0.2) is 13.1 Å². The number of benzene rings is 1. The van der Waals surface area contributed by atoms with Gasteiger partial charge in [0.2, 0.25) is 10.0 Å². The predicted octanol–water partition coefficient (Wildman–Crippen LogP) is 2.45. The first-order chi connectivity index (χ1) is 9.42. The molecule has 5 nitrogen and oxygen atoms in total. The van der Waals surface area contributed by atoms with Gasteiger partial charge in [0.15, 0.2) is 0 Å². The molecule has 0 unspecified atom stereocenters. The van der Waals surface area contributed by atoms with Gasteiger partial charge in [-0.3, -0.25) is 4.68 Å². The van der Waals surface area contributed by atoms with Crippen molar-refractivity contribution in [3.63, 3.8) is 0 Å². The fourth-order valence-electron chi connectivity index (χ4n) is 1.76. The molecule has 0 saturated carbocycles. The van der Waals surface area contributed by atoms with Crippen molar-refractivity contribution in [1.29, 1.82) is 0 Å². The molecule has 0 aliphatic rings. The maximum Gasteiger partial charge on any atom is 0.240 e. The van der Waals surface area contributed by atoms with Crippen molar-refractivity contribution in [3.8, 4) is 0 Å². The molecule has 1 heterocycles. The summed E-state index contributed by atoms with van der Waals surface area (Å²) in [6.45, 7) is 4.86. The van der Waals surface area contributed by atoms with Crippen LogP contribution in [0.5, 0.6) is 0 Å². The van der Waals surface area contributed by atoms with E-state index < -0.39 is 10.0 Å². The van der Waals surface area contributed by atoms with Crippen molar-refractivity contribution in [1.82, 2.24) is 14.5 Å². The van der Waals surface area contributed by atoms with Crippen LogP contribution < -0.4 is 4.72 Å². The lowest BCUT2D eigenvalue weighted by Crippen LogP contribution is -2.23. The topological polar surface area (TPSA) is 64.0 Å². The molecule has 7 heteroatoms. The van der Waals surface area contributed by atoms with Crippen LogP contribution in [0.15, 0.2) is 39.8 Å². The average molecular weight is 358 g/mol. The Hall–Kier alpha value is -1.18. The third-order valence-corrected chi connectivity index (χ3v) is 4.89. The summed E-state index contributed by atoms with van der Waals surface area (Å²) in [6, 6.07) is 6.54. The quantitative estimate of drug-likeness (QED) is 0.893. The number of nitrogens with one attached hydrogen (secondary N) is 1. The Kier molecular flexibility index (Phi) is 4.62. The van der Waals surface area contributed by atoms with Crippen LogP contribution in [0.3, 0.4) is 0 Å². The minimum atomic E-state index is -3.50. The highest BCUT2D eigenvalue weighted by Gasteiger charge is 2.14. The van der Waals surface area contributed by atoms with Gasteiger partial charge >= 0.3 is 0 Å². The molecule has 2 rings (SSSR count). The van der Waals surface area contributed by atoms with E-state index >= 15 is 0 Å². The number of rotatable bonds is 5. The number of aromatic nitrogens is 2. The van der Waals surface area contributed by atoms with E-state index in [1.165, 1.54) is 0 Å². The van der Waals surface area contributed by atoms with Crippen LogP contribution in [0.4, 0.5) is 0 Å². The summed E-state index contributed by atoms with van der Waals surface area (Å²) in [5, 5.41) is 4.29. The second kappa shape index (κ2) is 6.07. The van der Waals surface area contributed by atoms with E-state index in [0.29, 0.717) is 0 Å². The first-order valence-corrected chi connectivity index (χ1v) is 8.48. The Labute approximate surface area is 127 Å². The summed E-state index contributed by atoms with van der Waals surface area (Å²) in [5.74, 6) is 0. The zero-order valence-corrected chi connectivity index (χ0v) is 13.7. The van der Waals surface area contributed by atoms with E-state index in [1.54, 1.807) is 28.9 Å². The molecule has 20 heavy (non-hydrogen) atoms. The van der Waals surface area contributed by atoms with Crippen LogP contribution >= 0.6 is 15.9 Å². The summed E-state index contributed by atoms with van der Waals surface area (Å²) in [6.07, 6.45) is 1.86. The Morgan fingerprint density at radius 1 is 1.30 bits per heavy atom. The fraction of sp³-hybridized carbons (Fsp3) is 0.308. The van der Waals surface area contributed by atoms with Crippen molar-refractivity contribution >= 4 is 26.0 Å². The molecule has 0 bridgehead atoms. The summed E-state index contributed by atoms with van der Waals surface area (Å²) >= 11 is 3.28. The molecule has 0 saturated heterocycles. The van der Waals surface area contributed by atoms with E-state index in [0.717, 1.165) is 22.3 Å². The Morgan fingerprint density at radius 3 is 2.50 bits per heavy atom. The molecular formula is C13H16BrN3O2S. The smallest absolute Gasteiger partial charge is 0.240 e. The van der Waals surface area contributed by atoms with Crippen molar-refractivity contribution < 1.29 is 8.42 Å². The molecule has 0 aliphatic carbocycles. The molecule has 1 N–H and O–H groups in total. The molecule has 108 valence electrons. The van der Waals surface area contributed by atoms with Gasteiger partial charge in [-0.05, 0) is 38.1 Å². The van der Waals surface area contributed by atoms with Gasteiger partial charge in [-0.2, -0.15) is 5.10 Å². The average Bonchev–Trinajstić information content (AvgIpc) is 2.78. The van der Waals surface area contributed by atoms with Crippen LogP contribution in [0.1, 0.15) is 18.2 Å². The Bertz CT molecular complexity index is 693. The molecule has 0 radical (unpaired) electrons. The maximum absolute atomic E-state index is 12.2. The molecule has 2 aromatic rings. The van der Waals surface area contributed by atoms with E-state index in [9.17, 15) is 8.42 Å². The lowest BCUT2D eigenvalue weighted by molar-refractivity contribution is 0.581. The second-order valence-electron chi connectivity index (χ2n) is 4.37. The Balaban J connectivity index is 2.12. The number of halogens is 1. The predicted molar refractivity (Wildman–Crippen MR) is 80.8 cm³/mol. The molecule has 0 amide bonds. The minimum absolute atomic E-state index is 0.240. The second-order valence-corrected chi connectivity index (χ2v) is 7.06. The summed E-state index contributed by atoms with van der Waals surface area (Å²) in [5.41, 5.74) is 1.72. The van der Waals surface area contributed by atoms with Crippen LogP contribution in [0, 0.1) is 6.92 Å². The van der Waals surface area contributed by atoms with Gasteiger partial charge in [-0.1, -0.05) is 15.9 Å². The highest BCUT2D eigenvalue weighted by molar-refractivity contribution is 9.10.